The lowest BCUT2D eigenvalue weighted by Crippen LogP contribution is -2.42. The Labute approximate surface area is 223 Å². The predicted molar refractivity (Wildman–Crippen MR) is 141 cm³/mol. The first kappa shape index (κ1) is 25.0. The van der Waals surface area contributed by atoms with Gasteiger partial charge in [0, 0.05) is 33.7 Å². The van der Waals surface area contributed by atoms with Crippen LogP contribution in [-0.2, 0) is 4.74 Å². The molecule has 1 N–H and O–H groups in total. The van der Waals surface area contributed by atoms with E-state index in [-0.39, 0.29) is 12.6 Å². The van der Waals surface area contributed by atoms with Gasteiger partial charge in [0.05, 0.1) is 23.4 Å². The van der Waals surface area contributed by atoms with Crippen molar-refractivity contribution in [2.24, 2.45) is 0 Å². The number of fused-ring (bicyclic) bond motifs is 1. The summed E-state index contributed by atoms with van der Waals surface area (Å²) in [5, 5.41) is 11.7. The molecule has 5 rings (SSSR count). The molecule has 0 unspecified atom stereocenters. The molecule has 0 saturated heterocycles. The van der Waals surface area contributed by atoms with Crippen LogP contribution in [0.25, 0.3) is 33.8 Å². The third kappa shape index (κ3) is 5.26. The molecule has 10 heteroatoms. The number of nitrogens with zero attached hydrogens (tertiary/aromatic N) is 3. The van der Waals surface area contributed by atoms with Crippen molar-refractivity contribution in [1.29, 1.82) is 0 Å². The second-order valence-electron chi connectivity index (χ2n) is 9.21. The number of pyridine rings is 1. The van der Waals surface area contributed by atoms with Gasteiger partial charge in [-0.05, 0) is 56.7 Å². The van der Waals surface area contributed by atoms with E-state index in [9.17, 15) is 4.79 Å². The molecule has 0 aliphatic carbocycles. The molecule has 0 fully saturated rings. The average Bonchev–Trinajstić information content (AvgIpc) is 3.39. The number of benzene rings is 2. The van der Waals surface area contributed by atoms with E-state index in [4.69, 9.17) is 42.1 Å². The summed E-state index contributed by atoms with van der Waals surface area (Å²) >= 11 is 12.9. The normalized spacial score (nSPS) is 16.0. The summed E-state index contributed by atoms with van der Waals surface area (Å²) in [6.07, 6.45) is 1.31. The summed E-state index contributed by atoms with van der Waals surface area (Å²) in [4.78, 5) is 17.3. The van der Waals surface area contributed by atoms with Crippen molar-refractivity contribution in [3.8, 4) is 39.7 Å². The summed E-state index contributed by atoms with van der Waals surface area (Å²) in [5.74, 6) is 0.783. The molecule has 1 aliphatic heterocycles. The van der Waals surface area contributed by atoms with Gasteiger partial charge in [0.1, 0.15) is 5.60 Å². The van der Waals surface area contributed by atoms with Crippen LogP contribution in [0, 0.1) is 0 Å². The largest absolute Gasteiger partial charge is 0.471 e. The van der Waals surface area contributed by atoms with Gasteiger partial charge in [0.15, 0.2) is 0 Å². The molecule has 190 valence electrons. The first-order valence-corrected chi connectivity index (χ1v) is 12.5. The summed E-state index contributed by atoms with van der Waals surface area (Å²) in [6.45, 7) is 5.95. The van der Waals surface area contributed by atoms with Gasteiger partial charge in [0.25, 0.3) is 0 Å². The molecule has 1 amide bonds. The lowest BCUT2D eigenvalue weighted by molar-refractivity contribution is 0.0584. The lowest BCUT2D eigenvalue weighted by atomic mass is 9.88. The predicted octanol–water partition coefficient (Wildman–Crippen LogP) is 7.12. The third-order valence-electron chi connectivity index (χ3n) is 6.01. The van der Waals surface area contributed by atoms with Gasteiger partial charge >= 0.3 is 6.09 Å². The van der Waals surface area contributed by atoms with Gasteiger partial charge in [-0.2, -0.15) is 0 Å². The van der Waals surface area contributed by atoms with Gasteiger partial charge < -0.3 is 19.2 Å². The number of hydrogen-bond donors (Lipinski definition) is 1. The number of ether oxygens (including phenoxy) is 2. The van der Waals surface area contributed by atoms with Crippen LogP contribution in [0.5, 0.6) is 5.88 Å². The quantitative estimate of drug-likeness (QED) is 0.288. The number of aromatic nitrogens is 3. The van der Waals surface area contributed by atoms with E-state index < -0.39 is 11.7 Å². The van der Waals surface area contributed by atoms with Gasteiger partial charge in [-0.25, -0.2) is 9.78 Å². The summed E-state index contributed by atoms with van der Waals surface area (Å²) in [7, 11) is 0. The highest BCUT2D eigenvalue weighted by Gasteiger charge is 2.37. The van der Waals surface area contributed by atoms with E-state index in [0.29, 0.717) is 45.1 Å². The Morgan fingerprint density at radius 2 is 1.86 bits per heavy atom. The fourth-order valence-corrected chi connectivity index (χ4v) is 4.78. The minimum atomic E-state index is -0.575. The highest BCUT2D eigenvalue weighted by Crippen LogP contribution is 2.45. The monoisotopic (exact) mass is 538 g/mol. The van der Waals surface area contributed by atoms with Crippen molar-refractivity contribution >= 4 is 29.3 Å². The van der Waals surface area contributed by atoms with E-state index in [2.05, 4.69) is 15.5 Å². The fourth-order valence-electron chi connectivity index (χ4n) is 4.39. The standard InChI is InChI=1S/C27H24Cl2N4O4/c1-4-35-26(34)31-22-13-27(2,3)37-25-20(22)12-19(15-5-8-17(28)9-6-15)23(32-25)18-10-7-16(11-21(18)29)24-33-30-14-36-24/h5-12,14,22H,4,13H2,1-3H3,(H,31,34)/t22-/m1/s1. The first-order chi connectivity index (χ1) is 17.7. The van der Waals surface area contributed by atoms with E-state index in [1.54, 1.807) is 13.0 Å². The summed E-state index contributed by atoms with van der Waals surface area (Å²) in [6, 6.07) is 14.5. The molecule has 8 nitrogen and oxygen atoms in total. The fraction of sp³-hybridized carbons (Fsp3) is 0.259. The molecular weight excluding hydrogens is 515 g/mol. The van der Waals surface area contributed by atoms with Gasteiger partial charge in [0.2, 0.25) is 18.2 Å². The molecule has 4 aromatic rings. The Morgan fingerprint density at radius 1 is 1.11 bits per heavy atom. The highest BCUT2D eigenvalue weighted by atomic mass is 35.5. The van der Waals surface area contributed by atoms with Gasteiger partial charge in [-0.3, -0.25) is 0 Å². The second-order valence-corrected chi connectivity index (χ2v) is 10.1. The Morgan fingerprint density at radius 3 is 2.54 bits per heavy atom. The van der Waals surface area contributed by atoms with Crippen LogP contribution in [0.15, 0.2) is 59.3 Å². The van der Waals surface area contributed by atoms with Gasteiger partial charge in [-0.15, -0.1) is 10.2 Å². The molecule has 0 saturated carbocycles. The van der Waals surface area contributed by atoms with E-state index in [1.165, 1.54) is 6.39 Å². The van der Waals surface area contributed by atoms with E-state index in [1.807, 2.05) is 56.3 Å². The van der Waals surface area contributed by atoms with Crippen molar-refractivity contribution in [2.45, 2.75) is 38.8 Å². The molecule has 2 aromatic carbocycles. The number of carbonyl (C=O) groups excluding carboxylic acids is 1. The van der Waals surface area contributed by atoms with Crippen LogP contribution in [-0.4, -0.2) is 33.5 Å². The minimum Gasteiger partial charge on any atom is -0.471 e. The molecule has 0 spiro atoms. The molecule has 2 aromatic heterocycles. The molecular formula is C27H24Cl2N4O4. The van der Waals surface area contributed by atoms with Crippen molar-refractivity contribution < 1.29 is 18.7 Å². The maximum atomic E-state index is 12.3. The van der Waals surface area contributed by atoms with Crippen molar-refractivity contribution in [3.05, 3.63) is 70.5 Å². The first-order valence-electron chi connectivity index (χ1n) is 11.7. The third-order valence-corrected chi connectivity index (χ3v) is 6.58. The number of hydrogen-bond acceptors (Lipinski definition) is 7. The Hall–Kier alpha value is -3.62. The summed E-state index contributed by atoms with van der Waals surface area (Å²) < 4.78 is 16.7. The van der Waals surface area contributed by atoms with Crippen LogP contribution in [0.4, 0.5) is 4.79 Å². The van der Waals surface area contributed by atoms with Crippen LogP contribution in [0.3, 0.4) is 0 Å². The molecule has 3 heterocycles. The summed E-state index contributed by atoms with van der Waals surface area (Å²) in [5.41, 5.74) is 3.87. The van der Waals surface area contributed by atoms with Crippen LogP contribution in [0.2, 0.25) is 10.0 Å². The number of amides is 1. The number of rotatable bonds is 5. The highest BCUT2D eigenvalue weighted by molar-refractivity contribution is 6.33. The van der Waals surface area contributed by atoms with Crippen molar-refractivity contribution in [3.63, 3.8) is 0 Å². The Balaban J connectivity index is 1.67. The average molecular weight is 539 g/mol. The van der Waals surface area contributed by atoms with Crippen LogP contribution in [0.1, 0.15) is 38.8 Å². The molecule has 1 atom stereocenters. The Bertz CT molecular complexity index is 1440. The maximum absolute atomic E-state index is 12.3. The smallest absolute Gasteiger partial charge is 0.407 e. The molecule has 37 heavy (non-hydrogen) atoms. The van der Waals surface area contributed by atoms with E-state index >= 15 is 0 Å². The zero-order valence-electron chi connectivity index (χ0n) is 20.4. The van der Waals surface area contributed by atoms with Crippen LogP contribution < -0.4 is 10.1 Å². The second kappa shape index (κ2) is 10.0. The number of alkyl carbamates (subject to hydrolysis) is 1. The molecule has 0 bridgehead atoms. The topological polar surface area (TPSA) is 99.4 Å². The number of halogens is 2. The van der Waals surface area contributed by atoms with Gasteiger partial charge in [-0.1, -0.05) is 41.4 Å². The zero-order valence-corrected chi connectivity index (χ0v) is 21.9. The Kier molecular flexibility index (Phi) is 6.79. The van der Waals surface area contributed by atoms with E-state index in [0.717, 1.165) is 16.7 Å². The zero-order chi connectivity index (χ0) is 26.2. The minimum absolute atomic E-state index is 0.274. The van der Waals surface area contributed by atoms with Crippen molar-refractivity contribution in [1.82, 2.24) is 20.5 Å². The maximum Gasteiger partial charge on any atom is 0.407 e. The molecule has 1 aliphatic rings. The number of nitrogens with one attached hydrogen (secondary N) is 1. The lowest BCUT2D eigenvalue weighted by Gasteiger charge is -2.37. The number of carbonyl (C=O) groups is 1. The van der Waals surface area contributed by atoms with Crippen molar-refractivity contribution in [2.75, 3.05) is 6.61 Å². The molecule has 0 radical (unpaired) electrons. The SMILES string of the molecule is CCOC(=O)N[C@@H]1CC(C)(C)Oc2nc(-c3ccc(-c4nnco4)cc3Cl)c(-c3ccc(Cl)cc3)cc21. The van der Waals surface area contributed by atoms with Crippen LogP contribution >= 0.6 is 23.2 Å².